The Morgan fingerprint density at radius 3 is 2.52 bits per heavy atom. The van der Waals surface area contributed by atoms with Gasteiger partial charge < -0.3 is 14.4 Å². The maximum atomic E-state index is 13.8. The number of likely N-dealkylation sites (N-methyl/N-ethyl adjacent to an activating group) is 1. The van der Waals surface area contributed by atoms with Gasteiger partial charge in [0.2, 0.25) is 0 Å². The first-order valence-electron chi connectivity index (χ1n) is 8.82. The lowest BCUT2D eigenvalue weighted by Gasteiger charge is -2.21. The van der Waals surface area contributed by atoms with Crippen LogP contribution in [0.15, 0.2) is 60.7 Å². The van der Waals surface area contributed by atoms with Gasteiger partial charge in [0.15, 0.2) is 18.2 Å². The number of carbonyl (C=O) groups excluding carboxylic acids is 1. The highest BCUT2D eigenvalue weighted by molar-refractivity contribution is 5.84. The molecule has 0 bridgehead atoms. The van der Waals surface area contributed by atoms with Gasteiger partial charge in [-0.3, -0.25) is 4.79 Å². The van der Waals surface area contributed by atoms with Gasteiger partial charge in [-0.1, -0.05) is 36.4 Å². The number of benzene rings is 3. The van der Waals surface area contributed by atoms with Gasteiger partial charge in [0.25, 0.3) is 5.91 Å². The molecule has 0 aliphatic carbocycles. The molecule has 0 aliphatic heterocycles. The van der Waals surface area contributed by atoms with E-state index in [2.05, 4.69) is 0 Å². The molecule has 5 heteroatoms. The van der Waals surface area contributed by atoms with Gasteiger partial charge in [0.1, 0.15) is 5.75 Å². The highest BCUT2D eigenvalue weighted by Crippen LogP contribution is 2.21. The molecule has 0 fully saturated rings. The van der Waals surface area contributed by atoms with Gasteiger partial charge in [-0.25, -0.2) is 4.39 Å². The first-order chi connectivity index (χ1) is 13.1. The van der Waals surface area contributed by atoms with Crippen LogP contribution in [0.3, 0.4) is 0 Å². The zero-order valence-electron chi connectivity index (χ0n) is 15.4. The molecular formula is C22H22FNO3. The van der Waals surface area contributed by atoms with Crippen molar-refractivity contribution in [3.63, 3.8) is 0 Å². The minimum Gasteiger partial charge on any atom is -0.494 e. The van der Waals surface area contributed by atoms with E-state index in [0.717, 1.165) is 10.8 Å². The zero-order chi connectivity index (χ0) is 19.2. The number of amides is 1. The van der Waals surface area contributed by atoms with Crippen molar-refractivity contribution >= 4 is 16.7 Å². The van der Waals surface area contributed by atoms with Gasteiger partial charge in [0, 0.05) is 13.1 Å². The summed E-state index contributed by atoms with van der Waals surface area (Å²) in [5.41, 5.74) is 0.703. The fourth-order valence-electron chi connectivity index (χ4n) is 2.90. The van der Waals surface area contributed by atoms with Gasteiger partial charge in [-0.05, 0) is 47.5 Å². The lowest BCUT2D eigenvalue weighted by atomic mass is 10.1. The van der Waals surface area contributed by atoms with Crippen molar-refractivity contribution in [3.05, 3.63) is 72.0 Å². The van der Waals surface area contributed by atoms with Crippen LogP contribution in [0.4, 0.5) is 4.39 Å². The van der Waals surface area contributed by atoms with Crippen LogP contribution >= 0.6 is 0 Å². The maximum absolute atomic E-state index is 13.8. The largest absolute Gasteiger partial charge is 0.494 e. The molecule has 3 aromatic carbocycles. The van der Waals surface area contributed by atoms with Crippen molar-refractivity contribution in [1.29, 1.82) is 0 Å². The lowest BCUT2D eigenvalue weighted by molar-refractivity contribution is -0.133. The fourth-order valence-corrected chi connectivity index (χ4v) is 2.90. The topological polar surface area (TPSA) is 38.8 Å². The predicted octanol–water partition coefficient (Wildman–Crippen LogP) is 4.42. The van der Waals surface area contributed by atoms with Crippen LogP contribution in [0, 0.1) is 5.82 Å². The minimum absolute atomic E-state index is 0.0647. The molecule has 4 nitrogen and oxygen atoms in total. The first kappa shape index (κ1) is 18.7. The molecular weight excluding hydrogens is 345 g/mol. The molecule has 3 rings (SSSR count). The Balaban J connectivity index is 1.63. The number of ether oxygens (including phenoxy) is 2. The predicted molar refractivity (Wildman–Crippen MR) is 103 cm³/mol. The van der Waals surface area contributed by atoms with E-state index in [9.17, 15) is 9.18 Å². The number of halogens is 1. The minimum atomic E-state index is -0.439. The Kier molecular flexibility index (Phi) is 5.91. The van der Waals surface area contributed by atoms with E-state index in [1.807, 2.05) is 49.4 Å². The van der Waals surface area contributed by atoms with E-state index in [4.69, 9.17) is 9.47 Å². The van der Waals surface area contributed by atoms with Crippen molar-refractivity contribution < 1.29 is 18.7 Å². The summed E-state index contributed by atoms with van der Waals surface area (Å²) in [6.07, 6.45) is 0. The van der Waals surface area contributed by atoms with Crippen LogP contribution in [0.25, 0.3) is 10.8 Å². The average molecular weight is 367 g/mol. The second-order valence-corrected chi connectivity index (χ2v) is 6.17. The van der Waals surface area contributed by atoms with Crippen LogP contribution in [0.2, 0.25) is 0 Å². The van der Waals surface area contributed by atoms with Crippen LogP contribution in [-0.2, 0) is 11.3 Å². The summed E-state index contributed by atoms with van der Waals surface area (Å²) in [5, 5.41) is 2.18. The summed E-state index contributed by atoms with van der Waals surface area (Å²) < 4.78 is 24.4. The normalized spacial score (nSPS) is 10.6. The summed E-state index contributed by atoms with van der Waals surface area (Å²) in [4.78, 5) is 14.1. The summed E-state index contributed by atoms with van der Waals surface area (Å²) >= 11 is 0. The van der Waals surface area contributed by atoms with Crippen molar-refractivity contribution in [2.24, 2.45) is 0 Å². The van der Waals surface area contributed by atoms with E-state index >= 15 is 0 Å². The summed E-state index contributed by atoms with van der Waals surface area (Å²) in [6.45, 7) is 2.64. The third-order valence-electron chi connectivity index (χ3n) is 4.41. The highest BCUT2D eigenvalue weighted by Gasteiger charge is 2.14. The summed E-state index contributed by atoms with van der Waals surface area (Å²) in [7, 11) is 1.42. The number of fused-ring (bicyclic) bond motifs is 1. The molecule has 0 spiro atoms. The Hall–Kier alpha value is -3.08. The van der Waals surface area contributed by atoms with Crippen LogP contribution in [0.5, 0.6) is 11.5 Å². The Morgan fingerprint density at radius 2 is 1.81 bits per heavy atom. The molecule has 0 unspecified atom stereocenters. The number of carbonyl (C=O) groups is 1. The van der Waals surface area contributed by atoms with Crippen molar-refractivity contribution in [2.75, 3.05) is 20.3 Å². The molecule has 0 radical (unpaired) electrons. The molecule has 1 amide bonds. The van der Waals surface area contributed by atoms with Gasteiger partial charge in [-0.2, -0.15) is 0 Å². The van der Waals surface area contributed by atoms with Crippen LogP contribution in [0.1, 0.15) is 12.5 Å². The van der Waals surface area contributed by atoms with Crippen LogP contribution in [-0.4, -0.2) is 31.1 Å². The molecule has 0 aliphatic rings. The van der Waals surface area contributed by atoms with Gasteiger partial charge in [-0.15, -0.1) is 0 Å². The molecule has 0 aromatic heterocycles. The molecule has 0 heterocycles. The zero-order valence-corrected chi connectivity index (χ0v) is 15.4. The van der Waals surface area contributed by atoms with Crippen LogP contribution < -0.4 is 9.47 Å². The first-order valence-corrected chi connectivity index (χ1v) is 8.82. The molecule has 140 valence electrons. The molecule has 0 N–H and O–H groups in total. The molecule has 0 atom stereocenters. The van der Waals surface area contributed by atoms with Gasteiger partial charge >= 0.3 is 0 Å². The summed E-state index contributed by atoms with van der Waals surface area (Å²) in [5.74, 6) is 0.245. The SMILES string of the molecule is CCN(Cc1ccc(OC)c(F)c1)C(=O)COc1ccc2ccccc2c1. The monoisotopic (exact) mass is 367 g/mol. The fraction of sp³-hybridized carbons (Fsp3) is 0.227. The lowest BCUT2D eigenvalue weighted by Crippen LogP contribution is -2.34. The highest BCUT2D eigenvalue weighted by atomic mass is 19.1. The second-order valence-electron chi connectivity index (χ2n) is 6.17. The van der Waals surface area contributed by atoms with Crippen molar-refractivity contribution in [2.45, 2.75) is 13.5 Å². The number of rotatable bonds is 7. The van der Waals surface area contributed by atoms with Crippen molar-refractivity contribution in [3.8, 4) is 11.5 Å². The quantitative estimate of drug-likeness (QED) is 0.621. The number of hydrogen-bond acceptors (Lipinski definition) is 3. The van der Waals surface area contributed by atoms with Gasteiger partial charge in [0.05, 0.1) is 7.11 Å². The Morgan fingerprint density at radius 1 is 1.04 bits per heavy atom. The Labute approximate surface area is 158 Å². The maximum Gasteiger partial charge on any atom is 0.260 e. The average Bonchev–Trinajstić information content (AvgIpc) is 2.70. The molecule has 0 saturated carbocycles. The van der Waals surface area contributed by atoms with E-state index in [1.165, 1.54) is 13.2 Å². The van der Waals surface area contributed by atoms with E-state index in [1.54, 1.807) is 17.0 Å². The van der Waals surface area contributed by atoms with E-state index < -0.39 is 5.82 Å². The van der Waals surface area contributed by atoms with E-state index in [0.29, 0.717) is 24.4 Å². The smallest absolute Gasteiger partial charge is 0.260 e. The standard InChI is InChI=1S/C22H22FNO3/c1-3-24(14-16-8-11-21(26-2)20(23)12-16)22(25)15-27-19-10-9-17-6-4-5-7-18(17)13-19/h4-13H,3,14-15H2,1-2H3. The number of nitrogens with zero attached hydrogens (tertiary/aromatic N) is 1. The number of hydrogen-bond donors (Lipinski definition) is 0. The Bertz CT molecular complexity index is 942. The third kappa shape index (κ3) is 4.56. The van der Waals surface area contributed by atoms with E-state index in [-0.39, 0.29) is 18.3 Å². The molecule has 3 aromatic rings. The molecule has 27 heavy (non-hydrogen) atoms. The summed E-state index contributed by atoms with van der Waals surface area (Å²) in [6, 6.07) is 18.4. The number of methoxy groups -OCH3 is 1. The molecule has 0 saturated heterocycles. The second kappa shape index (κ2) is 8.54. The van der Waals surface area contributed by atoms with Crippen molar-refractivity contribution in [1.82, 2.24) is 4.90 Å². The third-order valence-corrected chi connectivity index (χ3v) is 4.41.